The molecule has 1 aromatic heterocycles. The molecule has 9 heteroatoms. The summed E-state index contributed by atoms with van der Waals surface area (Å²) in [7, 11) is 0. The third-order valence-corrected chi connectivity index (χ3v) is 6.49. The lowest BCUT2D eigenvalue weighted by molar-refractivity contribution is -0.122. The van der Waals surface area contributed by atoms with Crippen molar-refractivity contribution in [2.45, 2.75) is 84.2 Å². The average Bonchev–Trinajstić information content (AvgIpc) is 3.16. The number of aromatic nitrogens is 2. The third-order valence-electron chi connectivity index (χ3n) is 6.17. The smallest absolute Gasteiger partial charge is 0.422 e. The highest BCUT2D eigenvalue weighted by atomic mass is 35.5. The summed E-state index contributed by atoms with van der Waals surface area (Å²) in [6, 6.07) is 4.33. The van der Waals surface area contributed by atoms with Crippen molar-refractivity contribution in [2.24, 2.45) is 0 Å². The largest absolute Gasteiger partial charge is 0.462 e. The minimum Gasteiger partial charge on any atom is -0.462 e. The van der Waals surface area contributed by atoms with Crippen molar-refractivity contribution in [3.8, 4) is 0 Å². The molecule has 36 heavy (non-hydrogen) atoms. The summed E-state index contributed by atoms with van der Waals surface area (Å²) in [4.78, 5) is 47.2. The molecule has 1 unspecified atom stereocenters. The fraction of sp³-hybridized carbons (Fsp3) is 0.519. The van der Waals surface area contributed by atoms with Gasteiger partial charge >= 0.3 is 12.1 Å². The fourth-order valence-corrected chi connectivity index (χ4v) is 4.33. The topological polar surface area (TPSA) is 98.7 Å². The van der Waals surface area contributed by atoms with E-state index in [1.807, 2.05) is 0 Å². The van der Waals surface area contributed by atoms with Crippen LogP contribution < -0.4 is 4.90 Å². The number of carbonyl (C=O) groups is 3. The number of halogens is 1. The van der Waals surface area contributed by atoms with Gasteiger partial charge in [0.2, 0.25) is 6.10 Å². The van der Waals surface area contributed by atoms with Crippen molar-refractivity contribution in [1.29, 1.82) is 0 Å². The maximum absolute atomic E-state index is 13.0. The number of hydrogen-bond donors (Lipinski definition) is 0. The summed E-state index contributed by atoms with van der Waals surface area (Å²) < 4.78 is 10.7. The number of nitrogens with zero attached hydrogens (tertiary/aromatic N) is 3. The maximum atomic E-state index is 13.0. The van der Waals surface area contributed by atoms with Gasteiger partial charge in [0.25, 0.3) is 5.91 Å². The van der Waals surface area contributed by atoms with Crippen LogP contribution in [0.1, 0.15) is 99.0 Å². The number of unbranched alkanes of at least 4 members (excludes halogenated alkanes) is 9. The number of benzene rings is 1. The predicted octanol–water partition coefficient (Wildman–Crippen LogP) is 6.74. The van der Waals surface area contributed by atoms with E-state index in [-0.39, 0.29) is 22.0 Å². The van der Waals surface area contributed by atoms with Gasteiger partial charge in [-0.1, -0.05) is 76.3 Å². The van der Waals surface area contributed by atoms with Crippen LogP contribution in [0, 0.1) is 6.92 Å². The molecule has 194 valence electrons. The molecule has 1 aliphatic heterocycles. The van der Waals surface area contributed by atoms with Crippen LogP contribution in [0.4, 0.5) is 10.5 Å². The van der Waals surface area contributed by atoms with E-state index < -0.39 is 24.1 Å². The second kappa shape index (κ2) is 13.9. The number of carbonyl (C=O) groups excluding carboxylic acids is 3. The number of hydrogen-bond acceptors (Lipinski definition) is 7. The molecule has 1 atom stereocenters. The van der Waals surface area contributed by atoms with Gasteiger partial charge in [-0.3, -0.25) is 14.8 Å². The predicted molar refractivity (Wildman–Crippen MR) is 137 cm³/mol. The van der Waals surface area contributed by atoms with Gasteiger partial charge < -0.3 is 9.47 Å². The Morgan fingerprint density at radius 2 is 1.64 bits per heavy atom. The van der Waals surface area contributed by atoms with Crippen LogP contribution in [0.5, 0.6) is 0 Å². The van der Waals surface area contributed by atoms with Gasteiger partial charge in [-0.25, -0.2) is 14.5 Å². The van der Waals surface area contributed by atoms with Crippen molar-refractivity contribution < 1.29 is 23.9 Å². The summed E-state index contributed by atoms with van der Waals surface area (Å²) in [5, 5.41) is 0.128. The zero-order valence-electron chi connectivity index (χ0n) is 21.0. The molecule has 0 bridgehead atoms. The average molecular weight is 516 g/mol. The standard InChI is InChI=1S/C27H34ClN3O5/c1-3-4-5-6-7-8-9-10-11-12-17-35-26(33)20-13-14-21(28)22(18-20)31-25(32)24(36-27(31)34)23-19(2)29-15-16-30-23/h13-16,18,24H,3-12,17H2,1-2H3. The molecule has 0 saturated carbocycles. The van der Waals surface area contributed by atoms with Gasteiger partial charge in [-0.2, -0.15) is 0 Å². The Kier molecular flexibility index (Phi) is 10.7. The van der Waals surface area contributed by atoms with Crippen LogP contribution >= 0.6 is 11.6 Å². The summed E-state index contributed by atoms with van der Waals surface area (Å²) in [6.07, 6.45) is 12.7. The van der Waals surface area contributed by atoms with Crippen LogP contribution in [0.15, 0.2) is 30.6 Å². The number of ether oxygens (including phenoxy) is 2. The van der Waals surface area contributed by atoms with E-state index in [0.717, 1.165) is 24.2 Å². The number of esters is 1. The zero-order valence-corrected chi connectivity index (χ0v) is 21.8. The Hall–Kier alpha value is -3.00. The molecule has 1 fully saturated rings. The number of rotatable bonds is 14. The maximum Gasteiger partial charge on any atom is 0.422 e. The van der Waals surface area contributed by atoms with E-state index in [0.29, 0.717) is 12.3 Å². The van der Waals surface area contributed by atoms with E-state index in [2.05, 4.69) is 16.9 Å². The minimum absolute atomic E-state index is 0.0593. The van der Waals surface area contributed by atoms with E-state index in [4.69, 9.17) is 21.1 Å². The molecule has 1 aliphatic rings. The summed E-state index contributed by atoms with van der Waals surface area (Å²) in [5.74, 6) is -1.19. The molecule has 1 saturated heterocycles. The highest BCUT2D eigenvalue weighted by Crippen LogP contribution is 2.36. The Morgan fingerprint density at radius 3 is 2.31 bits per heavy atom. The molecular formula is C27H34ClN3O5. The van der Waals surface area contributed by atoms with Crippen LogP contribution in [0.25, 0.3) is 0 Å². The molecular weight excluding hydrogens is 482 g/mol. The first-order chi connectivity index (χ1) is 17.4. The number of aryl methyl sites for hydroxylation is 1. The molecule has 0 spiro atoms. The quantitative estimate of drug-likeness (QED) is 0.203. The van der Waals surface area contributed by atoms with Crippen LogP contribution in [0.3, 0.4) is 0 Å². The second-order valence-corrected chi connectivity index (χ2v) is 9.36. The van der Waals surface area contributed by atoms with E-state index in [1.54, 1.807) is 6.92 Å². The highest BCUT2D eigenvalue weighted by Gasteiger charge is 2.45. The van der Waals surface area contributed by atoms with Crippen LogP contribution in [0.2, 0.25) is 5.02 Å². The van der Waals surface area contributed by atoms with Crippen LogP contribution in [-0.2, 0) is 14.3 Å². The van der Waals surface area contributed by atoms with Crippen LogP contribution in [-0.4, -0.2) is 34.5 Å². The summed E-state index contributed by atoms with van der Waals surface area (Å²) in [5.41, 5.74) is 0.979. The van der Waals surface area contributed by atoms with Gasteiger partial charge in [-0.05, 0) is 31.5 Å². The number of amides is 2. The molecule has 8 nitrogen and oxygen atoms in total. The van der Waals surface area contributed by atoms with Gasteiger partial charge in [-0.15, -0.1) is 0 Å². The lowest BCUT2D eigenvalue weighted by Gasteiger charge is -2.14. The normalized spacial score (nSPS) is 15.3. The first kappa shape index (κ1) is 27.6. The van der Waals surface area contributed by atoms with Crippen molar-refractivity contribution in [3.63, 3.8) is 0 Å². The third kappa shape index (κ3) is 7.26. The molecule has 1 aromatic carbocycles. The van der Waals surface area contributed by atoms with Crippen molar-refractivity contribution in [2.75, 3.05) is 11.5 Å². The van der Waals surface area contributed by atoms with Gasteiger partial charge in [0.05, 0.1) is 28.6 Å². The zero-order chi connectivity index (χ0) is 25.9. The molecule has 2 aromatic rings. The lowest BCUT2D eigenvalue weighted by atomic mass is 10.1. The van der Waals surface area contributed by atoms with Crippen molar-refractivity contribution >= 4 is 35.3 Å². The lowest BCUT2D eigenvalue weighted by Crippen LogP contribution is -2.30. The molecule has 0 aliphatic carbocycles. The fourth-order valence-electron chi connectivity index (χ4n) is 4.13. The van der Waals surface area contributed by atoms with E-state index in [1.165, 1.54) is 75.5 Å². The van der Waals surface area contributed by atoms with Gasteiger partial charge in [0.1, 0.15) is 5.69 Å². The summed E-state index contributed by atoms with van der Waals surface area (Å²) >= 11 is 6.28. The van der Waals surface area contributed by atoms with E-state index >= 15 is 0 Å². The first-order valence-corrected chi connectivity index (χ1v) is 13.1. The second-order valence-electron chi connectivity index (χ2n) is 8.95. The molecule has 0 radical (unpaired) electrons. The van der Waals surface area contributed by atoms with Crippen molar-refractivity contribution in [1.82, 2.24) is 9.97 Å². The summed E-state index contributed by atoms with van der Waals surface area (Å²) in [6.45, 7) is 4.21. The number of imide groups is 1. The number of cyclic esters (lactones) is 1. The minimum atomic E-state index is -1.23. The Labute approximate surface area is 217 Å². The van der Waals surface area contributed by atoms with Gasteiger partial charge in [0.15, 0.2) is 0 Å². The Bertz CT molecular complexity index is 1060. The Balaban J connectivity index is 1.51. The molecule has 0 N–H and O–H groups in total. The first-order valence-electron chi connectivity index (χ1n) is 12.7. The van der Waals surface area contributed by atoms with Crippen molar-refractivity contribution in [3.05, 3.63) is 52.6 Å². The number of anilines is 1. The highest BCUT2D eigenvalue weighted by molar-refractivity contribution is 6.35. The Morgan fingerprint density at radius 1 is 1.00 bits per heavy atom. The van der Waals surface area contributed by atoms with E-state index in [9.17, 15) is 14.4 Å². The SMILES string of the molecule is CCCCCCCCCCCCOC(=O)c1ccc(Cl)c(N2C(=O)OC(c3nccnc3C)C2=O)c1. The van der Waals surface area contributed by atoms with Gasteiger partial charge in [0, 0.05) is 12.4 Å². The molecule has 2 heterocycles. The monoisotopic (exact) mass is 515 g/mol. The molecule has 2 amide bonds. The molecule has 3 rings (SSSR count).